The number of carbonyl (C=O) groups is 1. The summed E-state index contributed by atoms with van der Waals surface area (Å²) in [5, 5.41) is 0. The number of hydrogen-bond acceptors (Lipinski definition) is 4. The summed E-state index contributed by atoms with van der Waals surface area (Å²) in [6, 6.07) is 7.48. The van der Waals surface area contributed by atoms with Crippen molar-refractivity contribution < 1.29 is 14.3 Å². The molecule has 0 saturated carbocycles. The first-order valence-electron chi connectivity index (χ1n) is 7.37. The molecule has 1 heterocycles. The predicted molar refractivity (Wildman–Crippen MR) is 81.3 cm³/mol. The molecular formula is C16H24N2O3. The summed E-state index contributed by atoms with van der Waals surface area (Å²) >= 11 is 0. The number of methoxy groups -OCH3 is 1. The van der Waals surface area contributed by atoms with Gasteiger partial charge in [-0.3, -0.25) is 4.79 Å². The third kappa shape index (κ3) is 4.44. The van der Waals surface area contributed by atoms with E-state index in [0.717, 1.165) is 18.6 Å². The Balaban J connectivity index is 1.82. The van der Waals surface area contributed by atoms with Crippen LogP contribution in [-0.2, 0) is 9.53 Å². The van der Waals surface area contributed by atoms with Crippen molar-refractivity contribution in [1.82, 2.24) is 4.90 Å². The molecule has 0 spiro atoms. The summed E-state index contributed by atoms with van der Waals surface area (Å²) in [6.45, 7) is 3.68. The number of amides is 1. The second-order valence-corrected chi connectivity index (χ2v) is 5.52. The Labute approximate surface area is 126 Å². The van der Waals surface area contributed by atoms with Gasteiger partial charge in [0.1, 0.15) is 17.9 Å². The van der Waals surface area contributed by atoms with Gasteiger partial charge in [0.05, 0.1) is 6.61 Å². The molecule has 1 saturated heterocycles. The zero-order chi connectivity index (χ0) is 15.2. The van der Waals surface area contributed by atoms with Crippen LogP contribution in [0.15, 0.2) is 24.3 Å². The first kappa shape index (κ1) is 15.8. The normalized spacial score (nSPS) is 17.6. The number of likely N-dealkylation sites (tertiary alicyclic amines) is 1. The summed E-state index contributed by atoms with van der Waals surface area (Å²) in [4.78, 5) is 13.9. The lowest BCUT2D eigenvalue weighted by Gasteiger charge is -2.33. The van der Waals surface area contributed by atoms with E-state index in [1.165, 1.54) is 5.56 Å². The number of ether oxygens (including phenoxy) is 2. The lowest BCUT2D eigenvalue weighted by atomic mass is 10.1. The summed E-state index contributed by atoms with van der Waals surface area (Å²) in [6.07, 6.45) is 1.83. The second kappa shape index (κ2) is 7.43. The third-order valence-electron chi connectivity index (χ3n) is 3.71. The molecule has 5 nitrogen and oxygen atoms in total. The molecule has 0 aliphatic carbocycles. The van der Waals surface area contributed by atoms with Gasteiger partial charge in [0, 0.05) is 33.0 Å². The molecule has 2 rings (SSSR count). The van der Waals surface area contributed by atoms with E-state index in [2.05, 4.69) is 0 Å². The van der Waals surface area contributed by atoms with E-state index in [0.29, 0.717) is 13.1 Å². The van der Waals surface area contributed by atoms with Gasteiger partial charge in [-0.1, -0.05) is 12.1 Å². The lowest BCUT2D eigenvalue weighted by Crippen LogP contribution is -2.50. The van der Waals surface area contributed by atoms with Crippen LogP contribution in [0, 0.1) is 6.92 Å². The number of carbonyl (C=O) groups excluding carboxylic acids is 1. The largest absolute Gasteiger partial charge is 0.490 e. The van der Waals surface area contributed by atoms with Crippen molar-refractivity contribution in [2.24, 2.45) is 5.73 Å². The SMILES string of the molecule is COC[C@@H](N)C(=O)N1CCC(Oc2cccc(C)c2)CC1. The molecule has 0 bridgehead atoms. The van der Waals surface area contributed by atoms with Gasteiger partial charge in [-0.25, -0.2) is 0 Å². The number of nitrogens with zero attached hydrogens (tertiary/aromatic N) is 1. The van der Waals surface area contributed by atoms with E-state index in [1.807, 2.05) is 31.2 Å². The molecule has 0 aromatic heterocycles. The number of benzene rings is 1. The molecule has 1 aliphatic rings. The molecule has 1 aromatic carbocycles. The van der Waals surface area contributed by atoms with Crippen molar-refractivity contribution in [3.05, 3.63) is 29.8 Å². The molecule has 1 aliphatic heterocycles. The molecule has 21 heavy (non-hydrogen) atoms. The van der Waals surface area contributed by atoms with Gasteiger partial charge in [0.25, 0.3) is 0 Å². The zero-order valence-corrected chi connectivity index (χ0v) is 12.7. The Bertz CT molecular complexity index is 470. The van der Waals surface area contributed by atoms with Crippen molar-refractivity contribution in [2.45, 2.75) is 31.9 Å². The fraction of sp³-hybridized carbons (Fsp3) is 0.562. The number of aryl methyl sites for hydroxylation is 1. The van der Waals surface area contributed by atoms with E-state index < -0.39 is 6.04 Å². The highest BCUT2D eigenvalue weighted by atomic mass is 16.5. The topological polar surface area (TPSA) is 64.8 Å². The molecule has 1 amide bonds. The van der Waals surface area contributed by atoms with E-state index in [-0.39, 0.29) is 18.6 Å². The molecule has 1 fully saturated rings. The zero-order valence-electron chi connectivity index (χ0n) is 12.7. The summed E-state index contributed by atoms with van der Waals surface area (Å²) in [5.41, 5.74) is 6.97. The highest BCUT2D eigenvalue weighted by Crippen LogP contribution is 2.20. The van der Waals surface area contributed by atoms with Crippen LogP contribution in [0.1, 0.15) is 18.4 Å². The minimum absolute atomic E-state index is 0.0362. The molecule has 1 atom stereocenters. The Morgan fingerprint density at radius 1 is 1.43 bits per heavy atom. The molecule has 0 radical (unpaired) electrons. The summed E-state index contributed by atoms with van der Waals surface area (Å²) in [7, 11) is 1.55. The van der Waals surface area contributed by atoms with Crippen LogP contribution in [0.3, 0.4) is 0 Å². The van der Waals surface area contributed by atoms with E-state index in [4.69, 9.17) is 15.2 Å². The van der Waals surface area contributed by atoms with Crippen molar-refractivity contribution in [3.8, 4) is 5.75 Å². The minimum Gasteiger partial charge on any atom is -0.490 e. The van der Waals surface area contributed by atoms with Crippen molar-refractivity contribution in [1.29, 1.82) is 0 Å². The van der Waals surface area contributed by atoms with E-state index in [1.54, 1.807) is 12.0 Å². The molecule has 5 heteroatoms. The van der Waals surface area contributed by atoms with Gasteiger partial charge in [0.15, 0.2) is 0 Å². The van der Waals surface area contributed by atoms with Gasteiger partial charge in [-0.05, 0) is 24.6 Å². The monoisotopic (exact) mass is 292 g/mol. The first-order valence-corrected chi connectivity index (χ1v) is 7.37. The smallest absolute Gasteiger partial charge is 0.241 e. The Kier molecular flexibility index (Phi) is 5.59. The van der Waals surface area contributed by atoms with E-state index in [9.17, 15) is 4.79 Å². The van der Waals surface area contributed by atoms with Crippen LogP contribution in [0.4, 0.5) is 0 Å². The minimum atomic E-state index is -0.566. The standard InChI is InChI=1S/C16H24N2O3/c1-12-4-3-5-14(10-12)21-13-6-8-18(9-7-13)16(19)15(17)11-20-2/h3-5,10,13,15H,6-9,11,17H2,1-2H3/t15-/m1/s1. The van der Waals surface area contributed by atoms with Gasteiger partial charge in [0.2, 0.25) is 5.91 Å². The Morgan fingerprint density at radius 2 is 2.14 bits per heavy atom. The molecule has 0 unspecified atom stereocenters. The first-order chi connectivity index (χ1) is 10.1. The average molecular weight is 292 g/mol. The molecule has 116 valence electrons. The number of hydrogen-bond donors (Lipinski definition) is 1. The number of rotatable bonds is 5. The average Bonchev–Trinajstić information content (AvgIpc) is 2.47. The fourth-order valence-electron chi connectivity index (χ4n) is 2.56. The van der Waals surface area contributed by atoms with Crippen LogP contribution in [0.2, 0.25) is 0 Å². The summed E-state index contributed by atoms with van der Waals surface area (Å²) in [5.74, 6) is 0.863. The van der Waals surface area contributed by atoms with Crippen LogP contribution < -0.4 is 10.5 Å². The van der Waals surface area contributed by atoms with Crippen molar-refractivity contribution >= 4 is 5.91 Å². The Morgan fingerprint density at radius 3 is 2.76 bits per heavy atom. The maximum Gasteiger partial charge on any atom is 0.241 e. The van der Waals surface area contributed by atoms with Gasteiger partial charge in [-0.2, -0.15) is 0 Å². The van der Waals surface area contributed by atoms with E-state index >= 15 is 0 Å². The molecule has 2 N–H and O–H groups in total. The summed E-state index contributed by atoms with van der Waals surface area (Å²) < 4.78 is 10.9. The number of piperidine rings is 1. The maximum atomic E-state index is 12.1. The van der Waals surface area contributed by atoms with Gasteiger partial charge < -0.3 is 20.1 Å². The van der Waals surface area contributed by atoms with Crippen LogP contribution in [-0.4, -0.2) is 49.8 Å². The molecule has 1 aromatic rings. The van der Waals surface area contributed by atoms with Crippen molar-refractivity contribution in [2.75, 3.05) is 26.8 Å². The fourth-order valence-corrected chi connectivity index (χ4v) is 2.56. The van der Waals surface area contributed by atoms with Crippen molar-refractivity contribution in [3.63, 3.8) is 0 Å². The highest BCUT2D eigenvalue weighted by molar-refractivity contribution is 5.81. The highest BCUT2D eigenvalue weighted by Gasteiger charge is 2.27. The predicted octanol–water partition coefficient (Wildman–Crippen LogP) is 1.34. The number of nitrogens with two attached hydrogens (primary N) is 1. The van der Waals surface area contributed by atoms with Crippen LogP contribution in [0.5, 0.6) is 5.75 Å². The van der Waals surface area contributed by atoms with Crippen LogP contribution >= 0.6 is 0 Å². The van der Waals surface area contributed by atoms with Gasteiger partial charge >= 0.3 is 0 Å². The third-order valence-corrected chi connectivity index (χ3v) is 3.71. The second-order valence-electron chi connectivity index (χ2n) is 5.52. The Hall–Kier alpha value is -1.59. The lowest BCUT2D eigenvalue weighted by molar-refractivity contribution is -0.135. The maximum absolute atomic E-state index is 12.1. The van der Waals surface area contributed by atoms with Crippen LogP contribution in [0.25, 0.3) is 0 Å². The quantitative estimate of drug-likeness (QED) is 0.889. The van der Waals surface area contributed by atoms with Gasteiger partial charge in [-0.15, -0.1) is 0 Å². The molecular weight excluding hydrogens is 268 g/mol.